The molecule has 4 fully saturated rings. The molecule has 0 amide bonds. The predicted octanol–water partition coefficient (Wildman–Crippen LogP) is 3.47. The van der Waals surface area contributed by atoms with Crippen molar-refractivity contribution in [3.05, 3.63) is 29.8 Å². The molecule has 1 aromatic rings. The van der Waals surface area contributed by atoms with Gasteiger partial charge < -0.3 is 11.1 Å². The zero-order valence-corrected chi connectivity index (χ0v) is 12.9. The molecular weight excluding hydrogens is 256 g/mol. The van der Waals surface area contributed by atoms with E-state index in [-0.39, 0.29) is 0 Å². The van der Waals surface area contributed by atoms with Gasteiger partial charge in [0, 0.05) is 5.69 Å². The van der Waals surface area contributed by atoms with Crippen LogP contribution in [-0.4, -0.2) is 13.1 Å². The first kappa shape index (κ1) is 13.6. The van der Waals surface area contributed by atoms with E-state index in [1.54, 1.807) is 6.42 Å². The summed E-state index contributed by atoms with van der Waals surface area (Å²) in [5.41, 5.74) is 7.98. The Kier molecular flexibility index (Phi) is 3.66. The predicted molar refractivity (Wildman–Crippen MR) is 88.0 cm³/mol. The number of hydrogen-bond donors (Lipinski definition) is 2. The Bertz CT molecular complexity index is 451. The molecule has 0 spiro atoms. The fourth-order valence-electron chi connectivity index (χ4n) is 5.56. The maximum atomic E-state index is 5.73. The Morgan fingerprint density at radius 3 is 2.14 bits per heavy atom. The highest BCUT2D eigenvalue weighted by Gasteiger charge is 2.47. The summed E-state index contributed by atoms with van der Waals surface area (Å²) in [6, 6.07) is 8.32. The van der Waals surface area contributed by atoms with Crippen molar-refractivity contribution >= 4 is 5.69 Å². The van der Waals surface area contributed by atoms with Gasteiger partial charge in [0.15, 0.2) is 0 Å². The zero-order valence-electron chi connectivity index (χ0n) is 12.9. The van der Waals surface area contributed by atoms with Crippen LogP contribution in [0.4, 0.5) is 5.69 Å². The maximum absolute atomic E-state index is 5.73. The lowest BCUT2D eigenvalue weighted by Gasteiger charge is -2.54. The van der Waals surface area contributed by atoms with Gasteiger partial charge in [0.05, 0.1) is 0 Å². The average Bonchev–Trinajstić information content (AvgIpc) is 2.47. The second-order valence-electron chi connectivity index (χ2n) is 7.79. The summed E-state index contributed by atoms with van der Waals surface area (Å²) in [6.07, 6.45) is 8.83. The number of nitrogens with one attached hydrogen (secondary N) is 1. The van der Waals surface area contributed by atoms with Crippen molar-refractivity contribution < 1.29 is 0 Å². The number of anilines is 1. The topological polar surface area (TPSA) is 38.0 Å². The van der Waals surface area contributed by atoms with E-state index in [2.05, 4.69) is 17.4 Å². The van der Waals surface area contributed by atoms with Crippen molar-refractivity contribution in [1.29, 1.82) is 0 Å². The van der Waals surface area contributed by atoms with E-state index in [0.717, 1.165) is 48.2 Å². The molecule has 2 nitrogen and oxygen atoms in total. The summed E-state index contributed by atoms with van der Waals surface area (Å²) >= 11 is 0. The van der Waals surface area contributed by atoms with E-state index in [0.29, 0.717) is 0 Å². The SMILES string of the molecule is Nc1ccc(CCNCC2C3CC4CC(C3)CC2C4)cc1. The van der Waals surface area contributed by atoms with Gasteiger partial charge in [0.1, 0.15) is 0 Å². The Morgan fingerprint density at radius 2 is 1.52 bits per heavy atom. The highest BCUT2D eigenvalue weighted by molar-refractivity contribution is 5.39. The molecule has 3 N–H and O–H groups in total. The summed E-state index contributed by atoms with van der Waals surface area (Å²) in [6.45, 7) is 2.36. The van der Waals surface area contributed by atoms with Gasteiger partial charge in [0.2, 0.25) is 0 Å². The van der Waals surface area contributed by atoms with Gasteiger partial charge in [-0.1, -0.05) is 12.1 Å². The van der Waals surface area contributed by atoms with Crippen molar-refractivity contribution in [3.8, 4) is 0 Å². The first-order valence-corrected chi connectivity index (χ1v) is 8.83. The van der Waals surface area contributed by atoms with Gasteiger partial charge in [-0.05, 0) is 98.9 Å². The van der Waals surface area contributed by atoms with Crippen LogP contribution in [0.2, 0.25) is 0 Å². The van der Waals surface area contributed by atoms with E-state index >= 15 is 0 Å². The largest absolute Gasteiger partial charge is 0.399 e. The van der Waals surface area contributed by atoms with Crippen molar-refractivity contribution in [3.63, 3.8) is 0 Å². The number of nitrogens with two attached hydrogens (primary N) is 1. The number of rotatable bonds is 5. The molecule has 0 aromatic heterocycles. The molecular formula is C19H28N2. The second kappa shape index (κ2) is 5.64. The Balaban J connectivity index is 1.25. The normalized spacial score (nSPS) is 37.0. The van der Waals surface area contributed by atoms with Crippen LogP contribution in [0, 0.1) is 29.6 Å². The van der Waals surface area contributed by atoms with Crippen molar-refractivity contribution in [2.24, 2.45) is 29.6 Å². The van der Waals surface area contributed by atoms with Crippen LogP contribution in [0.15, 0.2) is 24.3 Å². The molecule has 0 saturated heterocycles. The van der Waals surface area contributed by atoms with Gasteiger partial charge >= 0.3 is 0 Å². The lowest BCUT2D eigenvalue weighted by molar-refractivity contribution is -0.0353. The molecule has 4 bridgehead atoms. The van der Waals surface area contributed by atoms with E-state index in [1.807, 2.05) is 12.1 Å². The fraction of sp³-hybridized carbons (Fsp3) is 0.684. The number of hydrogen-bond acceptors (Lipinski definition) is 2. The highest BCUT2D eigenvalue weighted by Crippen LogP contribution is 2.56. The molecule has 114 valence electrons. The molecule has 2 heteroatoms. The molecule has 4 aliphatic carbocycles. The third-order valence-corrected chi connectivity index (χ3v) is 6.37. The molecule has 0 unspecified atom stereocenters. The van der Waals surface area contributed by atoms with Gasteiger partial charge in [-0.25, -0.2) is 0 Å². The van der Waals surface area contributed by atoms with Crippen molar-refractivity contribution in [2.75, 3.05) is 18.8 Å². The lowest BCUT2D eigenvalue weighted by atomic mass is 9.52. The minimum absolute atomic E-state index is 0.861. The van der Waals surface area contributed by atoms with E-state index in [9.17, 15) is 0 Å². The molecule has 4 saturated carbocycles. The maximum Gasteiger partial charge on any atom is 0.0314 e. The average molecular weight is 284 g/mol. The minimum atomic E-state index is 0.861. The summed E-state index contributed by atoms with van der Waals surface area (Å²) < 4.78 is 0. The molecule has 5 rings (SSSR count). The number of nitrogen functional groups attached to an aromatic ring is 1. The molecule has 4 aliphatic rings. The highest BCUT2D eigenvalue weighted by atomic mass is 14.9. The van der Waals surface area contributed by atoms with Gasteiger partial charge in [0.25, 0.3) is 0 Å². The first-order valence-electron chi connectivity index (χ1n) is 8.83. The van der Waals surface area contributed by atoms with Crippen LogP contribution in [0.25, 0.3) is 0 Å². The summed E-state index contributed by atoms with van der Waals surface area (Å²) in [4.78, 5) is 0. The quantitative estimate of drug-likeness (QED) is 0.642. The van der Waals surface area contributed by atoms with Crippen LogP contribution in [0.3, 0.4) is 0 Å². The molecule has 0 heterocycles. The second-order valence-corrected chi connectivity index (χ2v) is 7.79. The molecule has 0 atom stereocenters. The third-order valence-electron chi connectivity index (χ3n) is 6.37. The van der Waals surface area contributed by atoms with Gasteiger partial charge in [-0.15, -0.1) is 0 Å². The number of benzene rings is 1. The van der Waals surface area contributed by atoms with E-state index in [1.165, 1.54) is 37.8 Å². The summed E-state index contributed by atoms with van der Waals surface area (Å²) in [7, 11) is 0. The van der Waals surface area contributed by atoms with Crippen LogP contribution >= 0.6 is 0 Å². The third kappa shape index (κ3) is 2.83. The summed E-state index contributed by atoms with van der Waals surface area (Å²) in [5.74, 6) is 5.26. The molecule has 0 aliphatic heterocycles. The minimum Gasteiger partial charge on any atom is -0.399 e. The smallest absolute Gasteiger partial charge is 0.0314 e. The van der Waals surface area contributed by atoms with Crippen molar-refractivity contribution in [2.45, 2.75) is 38.5 Å². The first-order chi connectivity index (χ1) is 10.3. The Labute approximate surface area is 128 Å². The fourth-order valence-corrected chi connectivity index (χ4v) is 5.56. The van der Waals surface area contributed by atoms with Gasteiger partial charge in [-0.3, -0.25) is 0 Å². The standard InChI is InChI=1S/C19H28N2/c20-18-3-1-13(2-4-18)5-6-21-12-19-16-8-14-7-15(10-16)11-17(19)9-14/h1-4,14-17,19,21H,5-12,20H2. The summed E-state index contributed by atoms with van der Waals surface area (Å²) in [5, 5.41) is 3.75. The monoisotopic (exact) mass is 284 g/mol. The van der Waals surface area contributed by atoms with Gasteiger partial charge in [-0.2, -0.15) is 0 Å². The van der Waals surface area contributed by atoms with Crippen LogP contribution in [0.1, 0.15) is 37.7 Å². The van der Waals surface area contributed by atoms with Crippen LogP contribution in [-0.2, 0) is 6.42 Å². The zero-order chi connectivity index (χ0) is 14.2. The van der Waals surface area contributed by atoms with E-state index < -0.39 is 0 Å². The van der Waals surface area contributed by atoms with E-state index in [4.69, 9.17) is 5.73 Å². The van der Waals surface area contributed by atoms with Crippen molar-refractivity contribution in [1.82, 2.24) is 5.32 Å². The van der Waals surface area contributed by atoms with Crippen LogP contribution in [0.5, 0.6) is 0 Å². The lowest BCUT2D eigenvalue weighted by Crippen LogP contribution is -2.48. The van der Waals surface area contributed by atoms with Crippen LogP contribution < -0.4 is 11.1 Å². The molecule has 21 heavy (non-hydrogen) atoms. The molecule has 1 aromatic carbocycles. The Morgan fingerprint density at radius 1 is 0.905 bits per heavy atom. The molecule has 0 radical (unpaired) electrons. The Hall–Kier alpha value is -1.02.